The molecule has 2 amide bonds. The van der Waals surface area contributed by atoms with Crippen LogP contribution in [0.15, 0.2) is 78.9 Å². The molecule has 2 N–H and O–H groups in total. The van der Waals surface area contributed by atoms with Gasteiger partial charge in [-0.15, -0.1) is 0 Å². The van der Waals surface area contributed by atoms with Crippen LogP contribution in [0.2, 0.25) is 0 Å². The van der Waals surface area contributed by atoms with Crippen LogP contribution in [0.25, 0.3) is 0 Å². The van der Waals surface area contributed by atoms with Gasteiger partial charge in [-0.25, -0.2) is 4.79 Å². The van der Waals surface area contributed by atoms with Crippen molar-refractivity contribution in [2.75, 3.05) is 10.6 Å². The number of amides is 2. The Labute approximate surface area is 158 Å². The van der Waals surface area contributed by atoms with Crippen LogP contribution in [0.1, 0.15) is 11.1 Å². The number of nitriles is 1. The van der Waals surface area contributed by atoms with Crippen molar-refractivity contribution >= 4 is 17.4 Å². The molecule has 0 saturated carbocycles. The van der Waals surface area contributed by atoms with Gasteiger partial charge in [0.1, 0.15) is 12.4 Å². The number of hydrogen-bond donors (Lipinski definition) is 2. The standard InChI is InChI=1S/C22H19N3O2/c23-15-14-17-6-8-19(9-7-17)24-22(26)25-20-10-12-21(13-11-20)27-16-18-4-2-1-3-5-18/h1-13H,14,16H2,(H2,24,25,26). The van der Waals surface area contributed by atoms with E-state index in [1.54, 1.807) is 24.3 Å². The molecule has 0 bridgehead atoms. The molecule has 3 rings (SSSR count). The van der Waals surface area contributed by atoms with Crippen LogP contribution in [0, 0.1) is 11.3 Å². The number of nitrogens with zero attached hydrogens (tertiary/aromatic N) is 1. The maximum atomic E-state index is 12.1. The number of anilines is 2. The highest BCUT2D eigenvalue weighted by Crippen LogP contribution is 2.18. The van der Waals surface area contributed by atoms with Crippen LogP contribution < -0.4 is 15.4 Å². The van der Waals surface area contributed by atoms with E-state index >= 15 is 0 Å². The van der Waals surface area contributed by atoms with Gasteiger partial charge in [0.25, 0.3) is 0 Å². The highest BCUT2D eigenvalue weighted by Gasteiger charge is 2.04. The Morgan fingerprint density at radius 3 is 2.00 bits per heavy atom. The number of carbonyl (C=O) groups excluding carboxylic acids is 1. The summed E-state index contributed by atoms with van der Waals surface area (Å²) in [5, 5.41) is 14.2. The van der Waals surface area contributed by atoms with Gasteiger partial charge >= 0.3 is 6.03 Å². The van der Waals surface area contributed by atoms with Gasteiger partial charge in [0.15, 0.2) is 0 Å². The zero-order chi connectivity index (χ0) is 18.9. The van der Waals surface area contributed by atoms with E-state index < -0.39 is 0 Å². The molecule has 0 radical (unpaired) electrons. The van der Waals surface area contributed by atoms with Crippen molar-refractivity contribution < 1.29 is 9.53 Å². The predicted molar refractivity (Wildman–Crippen MR) is 106 cm³/mol. The molecule has 3 aromatic carbocycles. The summed E-state index contributed by atoms with van der Waals surface area (Å²) < 4.78 is 5.73. The van der Waals surface area contributed by atoms with Crippen LogP contribution in [0.4, 0.5) is 16.2 Å². The largest absolute Gasteiger partial charge is 0.489 e. The van der Waals surface area contributed by atoms with Crippen molar-refractivity contribution in [2.45, 2.75) is 13.0 Å². The lowest BCUT2D eigenvalue weighted by Crippen LogP contribution is -2.19. The maximum absolute atomic E-state index is 12.1. The smallest absolute Gasteiger partial charge is 0.323 e. The summed E-state index contributed by atoms with van der Waals surface area (Å²) in [7, 11) is 0. The molecule has 0 unspecified atom stereocenters. The van der Waals surface area contributed by atoms with E-state index in [4.69, 9.17) is 10.00 Å². The van der Waals surface area contributed by atoms with Gasteiger partial charge in [0.2, 0.25) is 0 Å². The molecule has 5 heteroatoms. The summed E-state index contributed by atoms with van der Waals surface area (Å²) in [4.78, 5) is 12.1. The Hall–Kier alpha value is -3.78. The van der Waals surface area contributed by atoms with E-state index in [0.29, 0.717) is 24.4 Å². The minimum atomic E-state index is -0.332. The fourth-order valence-corrected chi connectivity index (χ4v) is 2.47. The van der Waals surface area contributed by atoms with Crippen LogP contribution in [-0.2, 0) is 13.0 Å². The highest BCUT2D eigenvalue weighted by molar-refractivity contribution is 5.99. The van der Waals surface area contributed by atoms with Crippen LogP contribution in [0.5, 0.6) is 5.75 Å². The SMILES string of the molecule is N#CCc1ccc(NC(=O)Nc2ccc(OCc3ccccc3)cc2)cc1. The summed E-state index contributed by atoms with van der Waals surface area (Å²) >= 11 is 0. The van der Waals surface area contributed by atoms with Gasteiger partial charge in [-0.05, 0) is 47.5 Å². The lowest BCUT2D eigenvalue weighted by molar-refractivity contribution is 0.262. The van der Waals surface area contributed by atoms with E-state index in [-0.39, 0.29) is 6.03 Å². The van der Waals surface area contributed by atoms with Gasteiger partial charge in [-0.3, -0.25) is 0 Å². The van der Waals surface area contributed by atoms with Gasteiger partial charge in [-0.1, -0.05) is 42.5 Å². The first-order chi connectivity index (χ1) is 13.2. The highest BCUT2D eigenvalue weighted by atomic mass is 16.5. The lowest BCUT2D eigenvalue weighted by Gasteiger charge is -2.10. The second-order valence-electron chi connectivity index (χ2n) is 5.91. The second kappa shape index (κ2) is 9.07. The monoisotopic (exact) mass is 357 g/mol. The van der Waals surface area contributed by atoms with E-state index in [1.165, 1.54) is 0 Å². The average Bonchev–Trinajstić information content (AvgIpc) is 2.70. The summed E-state index contributed by atoms with van der Waals surface area (Å²) in [5.74, 6) is 0.734. The first-order valence-corrected chi connectivity index (χ1v) is 8.53. The number of benzene rings is 3. The van der Waals surface area contributed by atoms with Crippen molar-refractivity contribution in [1.82, 2.24) is 0 Å². The van der Waals surface area contributed by atoms with Crippen molar-refractivity contribution in [3.05, 3.63) is 90.0 Å². The maximum Gasteiger partial charge on any atom is 0.323 e. The molecular formula is C22H19N3O2. The first-order valence-electron chi connectivity index (χ1n) is 8.53. The molecule has 0 aliphatic carbocycles. The van der Waals surface area contributed by atoms with Crippen LogP contribution in [-0.4, -0.2) is 6.03 Å². The summed E-state index contributed by atoms with van der Waals surface area (Å²) in [6.45, 7) is 0.496. The molecule has 5 nitrogen and oxygen atoms in total. The Morgan fingerprint density at radius 1 is 0.815 bits per heavy atom. The van der Waals surface area contributed by atoms with Crippen LogP contribution in [0.3, 0.4) is 0 Å². The Kier molecular flexibility index (Phi) is 6.05. The minimum absolute atomic E-state index is 0.332. The summed E-state index contributed by atoms with van der Waals surface area (Å²) in [6, 6.07) is 26.1. The molecule has 0 aliphatic heterocycles. The fourth-order valence-electron chi connectivity index (χ4n) is 2.47. The third-order valence-corrected chi connectivity index (χ3v) is 3.86. The zero-order valence-corrected chi connectivity index (χ0v) is 14.7. The molecule has 0 atom stereocenters. The van der Waals surface area contributed by atoms with Gasteiger partial charge in [0.05, 0.1) is 12.5 Å². The van der Waals surface area contributed by atoms with E-state index in [1.807, 2.05) is 54.6 Å². The summed E-state index contributed by atoms with van der Waals surface area (Å²) in [6.07, 6.45) is 0.352. The number of urea groups is 1. The number of nitrogens with one attached hydrogen (secondary N) is 2. The minimum Gasteiger partial charge on any atom is -0.489 e. The Bertz CT molecular complexity index is 915. The number of rotatable bonds is 6. The fraction of sp³-hybridized carbons (Fsp3) is 0.0909. The van der Waals surface area contributed by atoms with Gasteiger partial charge < -0.3 is 15.4 Å². The Balaban J connectivity index is 1.50. The quantitative estimate of drug-likeness (QED) is 0.654. The number of hydrogen-bond acceptors (Lipinski definition) is 3. The second-order valence-corrected chi connectivity index (χ2v) is 5.91. The first kappa shape index (κ1) is 18.0. The van der Waals surface area contributed by atoms with Crippen molar-refractivity contribution in [3.8, 4) is 11.8 Å². The molecule has 0 aliphatic rings. The number of ether oxygens (including phenoxy) is 1. The Morgan fingerprint density at radius 2 is 1.41 bits per heavy atom. The molecule has 3 aromatic rings. The van der Waals surface area contributed by atoms with Crippen molar-refractivity contribution in [2.24, 2.45) is 0 Å². The lowest BCUT2D eigenvalue weighted by atomic mass is 10.1. The molecule has 0 aromatic heterocycles. The molecule has 0 spiro atoms. The molecule has 0 heterocycles. The molecular weight excluding hydrogens is 338 g/mol. The third-order valence-electron chi connectivity index (χ3n) is 3.86. The van der Waals surface area contributed by atoms with Gasteiger partial charge in [-0.2, -0.15) is 5.26 Å². The average molecular weight is 357 g/mol. The molecule has 134 valence electrons. The normalized spacial score (nSPS) is 9.89. The van der Waals surface area contributed by atoms with E-state index in [2.05, 4.69) is 16.7 Å². The van der Waals surface area contributed by atoms with Crippen molar-refractivity contribution in [3.63, 3.8) is 0 Å². The summed E-state index contributed by atoms with van der Waals surface area (Å²) in [5.41, 5.74) is 3.34. The van der Waals surface area contributed by atoms with E-state index in [9.17, 15) is 4.79 Å². The molecule has 27 heavy (non-hydrogen) atoms. The number of carbonyl (C=O) groups is 1. The van der Waals surface area contributed by atoms with Crippen molar-refractivity contribution in [1.29, 1.82) is 5.26 Å². The molecule has 0 saturated heterocycles. The van der Waals surface area contributed by atoms with Gasteiger partial charge in [0, 0.05) is 11.4 Å². The van der Waals surface area contributed by atoms with E-state index in [0.717, 1.165) is 16.9 Å². The third kappa shape index (κ3) is 5.62. The van der Waals surface area contributed by atoms with Crippen LogP contribution >= 0.6 is 0 Å². The molecule has 0 fully saturated rings. The zero-order valence-electron chi connectivity index (χ0n) is 14.7. The predicted octanol–water partition coefficient (Wildman–Crippen LogP) is 4.98. The topological polar surface area (TPSA) is 74.2 Å².